The van der Waals surface area contributed by atoms with Crippen LogP contribution in [0.5, 0.6) is 0 Å². The fourth-order valence-corrected chi connectivity index (χ4v) is 1.36. The summed E-state index contributed by atoms with van der Waals surface area (Å²) in [5.41, 5.74) is 7.69. The van der Waals surface area contributed by atoms with Crippen molar-refractivity contribution in [2.45, 2.75) is 6.92 Å². The van der Waals surface area contributed by atoms with Gasteiger partial charge in [-0.2, -0.15) is 0 Å². The van der Waals surface area contributed by atoms with Crippen LogP contribution in [0.4, 0.5) is 0 Å². The SMILES string of the molecule is Cc1ccc2[nH]cc(C([NH-])=O)c(=O)c2n1.[U]. The van der Waals surface area contributed by atoms with E-state index in [0.29, 0.717) is 11.2 Å². The van der Waals surface area contributed by atoms with Crippen LogP contribution in [0.15, 0.2) is 23.1 Å². The molecular weight excluding hydrogens is 432 g/mol. The van der Waals surface area contributed by atoms with E-state index in [1.165, 1.54) is 6.20 Å². The Kier molecular flexibility index (Phi) is 3.89. The number of aromatic amines is 1. The number of nitrogens with one attached hydrogen (secondary N) is 2. The van der Waals surface area contributed by atoms with Crippen molar-refractivity contribution in [2.75, 3.05) is 0 Å². The van der Waals surface area contributed by atoms with Crippen LogP contribution >= 0.6 is 0 Å². The molecule has 2 aromatic rings. The van der Waals surface area contributed by atoms with E-state index in [0.717, 1.165) is 0 Å². The standard InChI is InChI=1S/C10H9N3O2.U/c1-5-2-3-7-8(13-5)9(14)6(4-12-7)10(11)15;/h2-4H,1H3,(H3,11,12,14,15);/p-1. The molecule has 0 aliphatic carbocycles. The van der Waals surface area contributed by atoms with Crippen LogP contribution < -0.4 is 5.43 Å². The molecule has 2 N–H and O–H groups in total. The van der Waals surface area contributed by atoms with Crippen LogP contribution in [-0.2, 0) is 0 Å². The van der Waals surface area contributed by atoms with Gasteiger partial charge in [0.1, 0.15) is 5.52 Å². The smallest absolute Gasteiger partial charge is 0.216 e. The minimum absolute atomic E-state index is 0. The maximum atomic E-state index is 11.7. The Balaban J connectivity index is 0.00000128. The van der Waals surface area contributed by atoms with Crippen LogP contribution in [-0.4, -0.2) is 15.9 Å². The number of amides is 1. The van der Waals surface area contributed by atoms with Gasteiger partial charge in [0, 0.05) is 43.0 Å². The Morgan fingerprint density at radius 2 is 2.12 bits per heavy atom. The number of aryl methyl sites for hydroxylation is 1. The molecule has 0 atom stereocenters. The first-order valence-electron chi connectivity index (χ1n) is 4.34. The van der Waals surface area contributed by atoms with Crippen LogP contribution in [0, 0.1) is 38.0 Å². The maximum absolute atomic E-state index is 11.7. The molecule has 0 spiro atoms. The average Bonchev–Trinajstić information content (AvgIpc) is 2.19. The number of hydrogen-bond acceptors (Lipinski definition) is 3. The van der Waals surface area contributed by atoms with E-state index in [-0.39, 0.29) is 42.2 Å². The number of hydrogen-bond donors (Lipinski definition) is 1. The van der Waals surface area contributed by atoms with E-state index in [1.807, 2.05) is 0 Å². The van der Waals surface area contributed by atoms with Gasteiger partial charge in [-0.15, -0.1) is 0 Å². The van der Waals surface area contributed by atoms with E-state index in [1.54, 1.807) is 19.1 Å². The van der Waals surface area contributed by atoms with Crippen molar-refractivity contribution in [3.63, 3.8) is 0 Å². The van der Waals surface area contributed by atoms with Crippen molar-refractivity contribution in [1.82, 2.24) is 9.97 Å². The van der Waals surface area contributed by atoms with Crippen molar-refractivity contribution >= 4 is 16.9 Å². The molecule has 0 saturated heterocycles. The quantitative estimate of drug-likeness (QED) is 0.728. The third-order valence-corrected chi connectivity index (χ3v) is 2.11. The Labute approximate surface area is 115 Å². The Bertz CT molecular complexity index is 607. The van der Waals surface area contributed by atoms with Crippen molar-refractivity contribution in [3.8, 4) is 0 Å². The molecule has 0 bridgehead atoms. The van der Waals surface area contributed by atoms with Gasteiger partial charge >= 0.3 is 0 Å². The molecule has 0 radical (unpaired) electrons. The second kappa shape index (κ2) is 4.81. The second-order valence-electron chi connectivity index (χ2n) is 3.21. The fourth-order valence-electron chi connectivity index (χ4n) is 1.36. The average molecular weight is 440 g/mol. The Hall–Kier alpha value is -1.12. The largest absolute Gasteiger partial charge is 0.663 e. The predicted molar refractivity (Wildman–Crippen MR) is 55.8 cm³/mol. The van der Waals surface area contributed by atoms with E-state index >= 15 is 0 Å². The molecule has 6 heteroatoms. The molecule has 80 valence electrons. The monoisotopic (exact) mass is 440 g/mol. The van der Waals surface area contributed by atoms with Gasteiger partial charge in [-0.3, -0.25) is 4.79 Å². The number of rotatable bonds is 1. The Morgan fingerprint density at radius 1 is 1.44 bits per heavy atom. The molecule has 0 aromatic carbocycles. The molecular formula is C10H8N3O2U-. The minimum atomic E-state index is -0.999. The van der Waals surface area contributed by atoms with Crippen LogP contribution in [0.1, 0.15) is 16.1 Å². The van der Waals surface area contributed by atoms with Crippen LogP contribution in [0.25, 0.3) is 16.8 Å². The predicted octanol–water partition coefficient (Wildman–Crippen LogP) is 1.42. The molecule has 0 saturated carbocycles. The summed E-state index contributed by atoms with van der Waals surface area (Å²) < 4.78 is 0. The fraction of sp³-hybridized carbons (Fsp3) is 0.100. The number of pyridine rings is 2. The van der Waals surface area contributed by atoms with Gasteiger partial charge < -0.3 is 15.5 Å². The zero-order chi connectivity index (χ0) is 11.0. The van der Waals surface area contributed by atoms with Gasteiger partial charge in [0.25, 0.3) is 0 Å². The molecule has 1 amide bonds. The number of aromatic nitrogens is 2. The summed E-state index contributed by atoms with van der Waals surface area (Å²) in [6.45, 7) is 1.76. The van der Waals surface area contributed by atoms with Gasteiger partial charge in [0.2, 0.25) is 5.43 Å². The summed E-state index contributed by atoms with van der Waals surface area (Å²) in [6.07, 6.45) is 1.25. The number of carbonyl (C=O) groups is 1. The molecule has 5 nitrogen and oxygen atoms in total. The number of nitrogens with zero attached hydrogens (tertiary/aromatic N) is 1. The van der Waals surface area contributed by atoms with E-state index in [9.17, 15) is 9.59 Å². The minimum Gasteiger partial charge on any atom is -0.663 e. The van der Waals surface area contributed by atoms with Gasteiger partial charge in [-0.25, -0.2) is 4.98 Å². The van der Waals surface area contributed by atoms with E-state index in [4.69, 9.17) is 5.73 Å². The third kappa shape index (κ3) is 2.18. The molecule has 2 aromatic heterocycles. The van der Waals surface area contributed by atoms with Gasteiger partial charge in [-0.1, -0.05) is 0 Å². The molecule has 16 heavy (non-hydrogen) atoms. The van der Waals surface area contributed by atoms with Crippen LogP contribution in [0.2, 0.25) is 0 Å². The zero-order valence-corrected chi connectivity index (χ0v) is 12.7. The molecule has 0 fully saturated rings. The molecule has 2 rings (SSSR count). The Morgan fingerprint density at radius 3 is 2.75 bits per heavy atom. The van der Waals surface area contributed by atoms with Crippen molar-refractivity contribution in [3.05, 3.63) is 45.5 Å². The first-order chi connectivity index (χ1) is 7.09. The van der Waals surface area contributed by atoms with Gasteiger partial charge in [0.05, 0.1) is 17.0 Å². The molecule has 0 unspecified atom stereocenters. The van der Waals surface area contributed by atoms with Gasteiger partial charge in [0.15, 0.2) is 0 Å². The summed E-state index contributed by atoms with van der Waals surface area (Å²) >= 11 is 0. The summed E-state index contributed by atoms with van der Waals surface area (Å²) in [4.78, 5) is 29.3. The maximum Gasteiger partial charge on any atom is 0.216 e. The third-order valence-electron chi connectivity index (χ3n) is 2.11. The molecule has 0 aliphatic heterocycles. The summed E-state index contributed by atoms with van der Waals surface area (Å²) in [5.74, 6) is -0.999. The normalized spacial score (nSPS) is 9.81. The number of H-pyrrole nitrogens is 1. The van der Waals surface area contributed by atoms with Crippen molar-refractivity contribution < 1.29 is 35.9 Å². The molecule has 0 aliphatic rings. The van der Waals surface area contributed by atoms with E-state index in [2.05, 4.69) is 9.97 Å². The second-order valence-corrected chi connectivity index (χ2v) is 3.21. The van der Waals surface area contributed by atoms with E-state index < -0.39 is 11.3 Å². The first kappa shape index (κ1) is 12.9. The van der Waals surface area contributed by atoms with Gasteiger partial charge in [-0.05, 0) is 19.1 Å². The summed E-state index contributed by atoms with van der Waals surface area (Å²) in [6, 6.07) is 3.48. The summed E-state index contributed by atoms with van der Waals surface area (Å²) in [7, 11) is 0. The summed E-state index contributed by atoms with van der Waals surface area (Å²) in [5, 5.41) is 0. The van der Waals surface area contributed by atoms with Crippen molar-refractivity contribution in [2.24, 2.45) is 0 Å². The van der Waals surface area contributed by atoms with Crippen LogP contribution in [0.3, 0.4) is 0 Å². The zero-order valence-electron chi connectivity index (χ0n) is 8.50. The van der Waals surface area contributed by atoms with Crippen molar-refractivity contribution in [1.29, 1.82) is 0 Å². The molecule has 2 heterocycles. The topological polar surface area (TPSA) is 86.6 Å². The number of fused-ring (bicyclic) bond motifs is 1. The first-order valence-corrected chi connectivity index (χ1v) is 4.34. The number of carbonyl (C=O) groups excluding carboxylic acids is 1.